The van der Waals surface area contributed by atoms with E-state index in [0.717, 1.165) is 30.6 Å². The summed E-state index contributed by atoms with van der Waals surface area (Å²) >= 11 is 0. The van der Waals surface area contributed by atoms with Crippen LogP contribution in [0.2, 0.25) is 0 Å². The summed E-state index contributed by atoms with van der Waals surface area (Å²) in [7, 11) is 4.10. The fourth-order valence-electron chi connectivity index (χ4n) is 1.90. The Bertz CT molecular complexity index is 491. The van der Waals surface area contributed by atoms with E-state index in [0.29, 0.717) is 0 Å². The minimum atomic E-state index is 0.103. The maximum absolute atomic E-state index is 9.85. The Hall–Kier alpha value is -1.81. The van der Waals surface area contributed by atoms with Crippen molar-refractivity contribution in [3.63, 3.8) is 0 Å². The summed E-state index contributed by atoms with van der Waals surface area (Å²) < 4.78 is 1.81. The molecular weight excluding hydrogens is 226 g/mol. The first-order chi connectivity index (χ1) is 8.66. The van der Waals surface area contributed by atoms with E-state index in [1.165, 1.54) is 0 Å². The quantitative estimate of drug-likeness (QED) is 0.878. The van der Waals surface area contributed by atoms with Gasteiger partial charge in [0, 0.05) is 12.7 Å². The van der Waals surface area contributed by atoms with Gasteiger partial charge in [-0.2, -0.15) is 0 Å². The van der Waals surface area contributed by atoms with Crippen LogP contribution in [0.5, 0.6) is 5.88 Å². The molecule has 0 unspecified atom stereocenters. The van der Waals surface area contributed by atoms with E-state index >= 15 is 0 Å². The SMILES string of the molecule is CN(C)CCCn1cc(-c2ccccc2)c(O)n1. The molecule has 0 fully saturated rings. The summed E-state index contributed by atoms with van der Waals surface area (Å²) in [4.78, 5) is 2.14. The standard InChI is InChI=1S/C14H19N3O/c1-16(2)9-6-10-17-11-13(14(18)15-17)12-7-4-3-5-8-12/h3-5,7-8,11H,6,9-10H2,1-2H3,(H,15,18). The van der Waals surface area contributed by atoms with E-state index in [2.05, 4.69) is 24.1 Å². The van der Waals surface area contributed by atoms with Gasteiger partial charge in [-0.05, 0) is 32.6 Å². The monoisotopic (exact) mass is 245 g/mol. The van der Waals surface area contributed by atoms with Gasteiger partial charge in [0.1, 0.15) is 0 Å². The molecule has 0 aliphatic carbocycles. The Kier molecular flexibility index (Phi) is 3.99. The van der Waals surface area contributed by atoms with Crippen LogP contribution >= 0.6 is 0 Å². The van der Waals surface area contributed by atoms with Crippen molar-refractivity contribution in [3.8, 4) is 17.0 Å². The normalized spacial score (nSPS) is 11.1. The molecule has 2 aromatic rings. The summed E-state index contributed by atoms with van der Waals surface area (Å²) in [6.45, 7) is 1.83. The summed E-state index contributed by atoms with van der Waals surface area (Å²) in [6, 6.07) is 9.82. The Labute approximate surface area is 107 Å². The Morgan fingerprint density at radius 3 is 2.61 bits per heavy atom. The molecule has 0 atom stereocenters. The number of aromatic nitrogens is 2. The van der Waals surface area contributed by atoms with Crippen molar-refractivity contribution in [3.05, 3.63) is 36.5 Å². The number of aryl methyl sites for hydroxylation is 1. The molecule has 1 aromatic heterocycles. The molecule has 4 nitrogen and oxygen atoms in total. The fraction of sp³-hybridized carbons (Fsp3) is 0.357. The predicted octanol–water partition coefficient (Wildman–Crippen LogP) is 2.21. The van der Waals surface area contributed by atoms with Crippen LogP contribution in [0.3, 0.4) is 0 Å². The Morgan fingerprint density at radius 1 is 1.22 bits per heavy atom. The second-order valence-electron chi connectivity index (χ2n) is 4.65. The molecule has 0 aliphatic heterocycles. The molecule has 0 bridgehead atoms. The van der Waals surface area contributed by atoms with E-state index in [1.807, 2.05) is 36.5 Å². The van der Waals surface area contributed by atoms with Gasteiger partial charge in [-0.25, -0.2) is 0 Å². The first-order valence-electron chi connectivity index (χ1n) is 6.13. The van der Waals surface area contributed by atoms with Crippen LogP contribution in [0.15, 0.2) is 36.5 Å². The van der Waals surface area contributed by atoms with Crippen LogP contribution in [0.4, 0.5) is 0 Å². The lowest BCUT2D eigenvalue weighted by Gasteiger charge is -2.08. The van der Waals surface area contributed by atoms with Gasteiger partial charge in [-0.3, -0.25) is 4.68 Å². The summed E-state index contributed by atoms with van der Waals surface area (Å²) in [6.07, 6.45) is 2.92. The molecule has 0 saturated heterocycles. The third-order valence-electron chi connectivity index (χ3n) is 2.82. The van der Waals surface area contributed by atoms with Gasteiger partial charge in [0.05, 0.1) is 5.56 Å². The van der Waals surface area contributed by atoms with E-state index < -0.39 is 0 Å². The molecule has 0 spiro atoms. The highest BCUT2D eigenvalue weighted by Crippen LogP contribution is 2.27. The summed E-state index contributed by atoms with van der Waals surface area (Å²) in [5.41, 5.74) is 1.79. The van der Waals surface area contributed by atoms with Crippen molar-refractivity contribution in [2.45, 2.75) is 13.0 Å². The van der Waals surface area contributed by atoms with Crippen molar-refractivity contribution in [1.29, 1.82) is 0 Å². The van der Waals surface area contributed by atoms with Crippen molar-refractivity contribution in [2.24, 2.45) is 0 Å². The van der Waals surface area contributed by atoms with Gasteiger partial charge in [0.15, 0.2) is 0 Å². The molecule has 2 rings (SSSR count). The number of hydrogen-bond acceptors (Lipinski definition) is 3. The molecule has 96 valence electrons. The van der Waals surface area contributed by atoms with Gasteiger partial charge < -0.3 is 10.0 Å². The maximum atomic E-state index is 9.85. The fourth-order valence-corrected chi connectivity index (χ4v) is 1.90. The minimum Gasteiger partial charge on any atom is -0.492 e. The van der Waals surface area contributed by atoms with Crippen molar-refractivity contribution in [1.82, 2.24) is 14.7 Å². The van der Waals surface area contributed by atoms with E-state index in [-0.39, 0.29) is 5.88 Å². The number of aromatic hydroxyl groups is 1. The largest absolute Gasteiger partial charge is 0.492 e. The number of benzene rings is 1. The second-order valence-corrected chi connectivity index (χ2v) is 4.65. The van der Waals surface area contributed by atoms with Gasteiger partial charge in [0.25, 0.3) is 0 Å². The van der Waals surface area contributed by atoms with Crippen molar-refractivity contribution in [2.75, 3.05) is 20.6 Å². The molecule has 0 aliphatic rings. The maximum Gasteiger partial charge on any atom is 0.238 e. The van der Waals surface area contributed by atoms with Crippen LogP contribution in [-0.4, -0.2) is 40.4 Å². The average molecular weight is 245 g/mol. The molecule has 0 saturated carbocycles. The highest BCUT2D eigenvalue weighted by molar-refractivity contribution is 5.67. The summed E-state index contributed by atoms with van der Waals surface area (Å²) in [5, 5.41) is 14.0. The van der Waals surface area contributed by atoms with Crippen LogP contribution in [0.1, 0.15) is 6.42 Å². The molecule has 4 heteroatoms. The zero-order chi connectivity index (χ0) is 13.0. The van der Waals surface area contributed by atoms with E-state index in [9.17, 15) is 5.11 Å². The predicted molar refractivity (Wildman–Crippen MR) is 72.5 cm³/mol. The molecule has 1 N–H and O–H groups in total. The Morgan fingerprint density at radius 2 is 1.94 bits per heavy atom. The number of nitrogens with zero attached hydrogens (tertiary/aromatic N) is 3. The topological polar surface area (TPSA) is 41.3 Å². The van der Waals surface area contributed by atoms with Crippen LogP contribution in [0.25, 0.3) is 11.1 Å². The molecular formula is C14H19N3O. The Balaban J connectivity index is 2.08. The number of rotatable bonds is 5. The lowest BCUT2D eigenvalue weighted by molar-refractivity contribution is 0.375. The molecule has 18 heavy (non-hydrogen) atoms. The van der Waals surface area contributed by atoms with Crippen LogP contribution in [-0.2, 0) is 6.54 Å². The van der Waals surface area contributed by atoms with Gasteiger partial charge in [-0.1, -0.05) is 30.3 Å². The first kappa shape index (κ1) is 12.6. The van der Waals surface area contributed by atoms with Crippen LogP contribution in [0, 0.1) is 0 Å². The zero-order valence-corrected chi connectivity index (χ0v) is 10.9. The minimum absolute atomic E-state index is 0.103. The van der Waals surface area contributed by atoms with Crippen LogP contribution < -0.4 is 0 Å². The lowest BCUT2D eigenvalue weighted by Crippen LogP contribution is -2.15. The molecule has 0 amide bonds. The van der Waals surface area contributed by atoms with Crippen molar-refractivity contribution < 1.29 is 5.11 Å². The van der Waals surface area contributed by atoms with E-state index in [4.69, 9.17) is 0 Å². The molecule has 1 aromatic carbocycles. The molecule has 1 heterocycles. The smallest absolute Gasteiger partial charge is 0.238 e. The third-order valence-corrected chi connectivity index (χ3v) is 2.82. The second kappa shape index (κ2) is 5.69. The van der Waals surface area contributed by atoms with Gasteiger partial charge in [0.2, 0.25) is 5.88 Å². The highest BCUT2D eigenvalue weighted by atomic mass is 16.3. The third kappa shape index (κ3) is 3.11. The average Bonchev–Trinajstić information content (AvgIpc) is 2.71. The first-order valence-corrected chi connectivity index (χ1v) is 6.13. The number of hydrogen-bond donors (Lipinski definition) is 1. The van der Waals surface area contributed by atoms with Crippen molar-refractivity contribution >= 4 is 0 Å². The zero-order valence-electron chi connectivity index (χ0n) is 10.9. The van der Waals surface area contributed by atoms with Gasteiger partial charge >= 0.3 is 0 Å². The highest BCUT2D eigenvalue weighted by Gasteiger charge is 2.09. The molecule has 0 radical (unpaired) electrons. The van der Waals surface area contributed by atoms with E-state index in [1.54, 1.807) is 4.68 Å². The van der Waals surface area contributed by atoms with Gasteiger partial charge in [-0.15, -0.1) is 5.10 Å². The lowest BCUT2D eigenvalue weighted by atomic mass is 10.1. The summed E-state index contributed by atoms with van der Waals surface area (Å²) in [5.74, 6) is 0.103.